The highest BCUT2D eigenvalue weighted by molar-refractivity contribution is 5.56. The Bertz CT molecular complexity index is 663. The van der Waals surface area contributed by atoms with Gasteiger partial charge in [0.2, 0.25) is 0 Å². The van der Waals surface area contributed by atoms with Crippen molar-refractivity contribution >= 4 is 5.69 Å². The fourth-order valence-electron chi connectivity index (χ4n) is 3.21. The van der Waals surface area contributed by atoms with Crippen LogP contribution in [-0.2, 0) is 13.6 Å². The Kier molecular flexibility index (Phi) is 4.94. The van der Waals surface area contributed by atoms with Gasteiger partial charge in [0.1, 0.15) is 17.3 Å². The second-order valence-electron chi connectivity index (χ2n) is 6.33. The minimum absolute atomic E-state index is 0.513. The molecule has 1 fully saturated rings. The van der Waals surface area contributed by atoms with Crippen molar-refractivity contribution in [3.63, 3.8) is 0 Å². The fourth-order valence-corrected chi connectivity index (χ4v) is 3.21. The van der Waals surface area contributed by atoms with E-state index in [1.54, 1.807) is 14.2 Å². The highest BCUT2D eigenvalue weighted by Crippen LogP contribution is 2.31. The molecule has 0 spiro atoms. The molecule has 1 aromatic carbocycles. The van der Waals surface area contributed by atoms with Gasteiger partial charge in [0.05, 0.1) is 20.8 Å². The number of anilines is 1. The first kappa shape index (κ1) is 16.6. The van der Waals surface area contributed by atoms with Crippen LogP contribution in [0, 0.1) is 0 Å². The third-order valence-electron chi connectivity index (χ3n) is 4.80. The van der Waals surface area contributed by atoms with Crippen LogP contribution in [0.3, 0.4) is 0 Å². The van der Waals surface area contributed by atoms with E-state index in [4.69, 9.17) is 9.47 Å². The normalized spacial score (nSPS) is 17.5. The molecule has 1 atom stereocenters. The predicted octanol–water partition coefficient (Wildman–Crippen LogP) is 2.15. The van der Waals surface area contributed by atoms with Crippen LogP contribution in [0.4, 0.5) is 5.69 Å². The molecule has 3 rings (SSSR count). The molecule has 0 amide bonds. The van der Waals surface area contributed by atoms with E-state index in [9.17, 15) is 0 Å². The van der Waals surface area contributed by atoms with Gasteiger partial charge >= 0.3 is 0 Å². The molecule has 24 heavy (non-hydrogen) atoms. The van der Waals surface area contributed by atoms with E-state index in [2.05, 4.69) is 38.5 Å². The van der Waals surface area contributed by atoms with E-state index in [1.807, 2.05) is 25.5 Å². The van der Waals surface area contributed by atoms with E-state index >= 15 is 0 Å². The van der Waals surface area contributed by atoms with Crippen LogP contribution in [0.5, 0.6) is 11.5 Å². The topological polar surface area (TPSA) is 42.8 Å². The lowest BCUT2D eigenvalue weighted by atomic mass is 10.2. The molecule has 0 N–H and O–H groups in total. The zero-order valence-electron chi connectivity index (χ0n) is 14.9. The van der Waals surface area contributed by atoms with E-state index in [1.165, 1.54) is 0 Å². The molecule has 1 aliphatic rings. The minimum Gasteiger partial charge on any atom is -0.497 e. The summed E-state index contributed by atoms with van der Waals surface area (Å²) in [7, 11) is 7.59. The van der Waals surface area contributed by atoms with Gasteiger partial charge < -0.3 is 18.9 Å². The molecule has 0 bridgehead atoms. The summed E-state index contributed by atoms with van der Waals surface area (Å²) < 4.78 is 12.9. The van der Waals surface area contributed by atoms with Crippen LogP contribution in [0.2, 0.25) is 0 Å². The molecule has 130 valence electrons. The third-order valence-corrected chi connectivity index (χ3v) is 4.80. The first-order chi connectivity index (χ1) is 11.6. The van der Waals surface area contributed by atoms with Crippen LogP contribution in [-0.4, -0.2) is 54.8 Å². The van der Waals surface area contributed by atoms with Crippen molar-refractivity contribution in [1.82, 2.24) is 14.5 Å². The van der Waals surface area contributed by atoms with E-state index < -0.39 is 0 Å². The molecule has 2 aromatic rings. The van der Waals surface area contributed by atoms with Crippen molar-refractivity contribution in [2.24, 2.45) is 7.05 Å². The van der Waals surface area contributed by atoms with Crippen LogP contribution in [0.15, 0.2) is 30.6 Å². The number of hydrogen-bond acceptors (Lipinski definition) is 5. The molecule has 1 saturated heterocycles. The van der Waals surface area contributed by atoms with Gasteiger partial charge in [-0.2, -0.15) is 0 Å². The van der Waals surface area contributed by atoms with Gasteiger partial charge in [-0.25, -0.2) is 4.98 Å². The maximum Gasteiger partial charge on any atom is 0.124 e. The quantitative estimate of drug-likeness (QED) is 0.812. The summed E-state index contributed by atoms with van der Waals surface area (Å²) >= 11 is 0. The molecule has 6 heteroatoms. The Balaban J connectivity index is 1.67. The largest absolute Gasteiger partial charge is 0.497 e. The second-order valence-corrected chi connectivity index (χ2v) is 6.33. The number of rotatable bonds is 6. The van der Waals surface area contributed by atoms with Crippen molar-refractivity contribution in [1.29, 1.82) is 0 Å². The van der Waals surface area contributed by atoms with Gasteiger partial charge in [0.15, 0.2) is 0 Å². The highest BCUT2D eigenvalue weighted by atomic mass is 16.5. The van der Waals surface area contributed by atoms with Gasteiger partial charge in [-0.1, -0.05) is 0 Å². The Morgan fingerprint density at radius 1 is 1.21 bits per heavy atom. The maximum absolute atomic E-state index is 5.39. The number of ether oxygens (including phenoxy) is 2. The Morgan fingerprint density at radius 3 is 2.50 bits per heavy atom. The van der Waals surface area contributed by atoms with Gasteiger partial charge in [-0.15, -0.1) is 0 Å². The zero-order chi connectivity index (χ0) is 17.1. The summed E-state index contributed by atoms with van der Waals surface area (Å²) in [6, 6.07) is 6.57. The lowest BCUT2D eigenvalue weighted by Gasteiger charge is -2.25. The van der Waals surface area contributed by atoms with Crippen LogP contribution < -0.4 is 14.4 Å². The average Bonchev–Trinajstić information content (AvgIpc) is 3.24. The molecule has 0 radical (unpaired) electrons. The van der Waals surface area contributed by atoms with Gasteiger partial charge in [-0.05, 0) is 13.5 Å². The second kappa shape index (κ2) is 7.13. The summed E-state index contributed by atoms with van der Waals surface area (Å²) in [5, 5.41) is 0. The number of aromatic nitrogens is 2. The number of nitrogens with zero attached hydrogens (tertiary/aromatic N) is 4. The lowest BCUT2D eigenvalue weighted by molar-refractivity contribution is 0.242. The number of imidazole rings is 1. The van der Waals surface area contributed by atoms with Gasteiger partial charge in [0.25, 0.3) is 0 Å². The maximum atomic E-state index is 5.39. The summed E-state index contributed by atoms with van der Waals surface area (Å²) in [6.07, 6.45) is 4.99. The molecule has 1 aromatic heterocycles. The average molecular weight is 330 g/mol. The molecule has 2 heterocycles. The molecule has 0 unspecified atom stereocenters. The third kappa shape index (κ3) is 3.48. The Morgan fingerprint density at radius 2 is 1.92 bits per heavy atom. The first-order valence-corrected chi connectivity index (χ1v) is 8.25. The van der Waals surface area contributed by atoms with Crippen molar-refractivity contribution in [3.8, 4) is 11.5 Å². The number of benzene rings is 1. The van der Waals surface area contributed by atoms with Crippen molar-refractivity contribution < 1.29 is 9.47 Å². The Labute approximate surface area is 143 Å². The SMILES string of the molecule is COc1cc(OC)cc(N2CC[C@@H](N(C)Cc3nccn3C)C2)c1. The number of methoxy groups -OCH3 is 2. The van der Waals surface area contributed by atoms with E-state index in [0.29, 0.717) is 6.04 Å². The standard InChI is InChI=1S/C18H26N4O2/c1-20-8-6-19-18(20)13-21(2)14-5-7-22(12-14)15-9-16(23-3)11-17(10-15)24-4/h6,8-11,14H,5,7,12-13H2,1-4H3/t14-/m1/s1. The van der Waals surface area contributed by atoms with Crippen LogP contribution >= 0.6 is 0 Å². The monoisotopic (exact) mass is 330 g/mol. The molecule has 0 saturated carbocycles. The Hall–Kier alpha value is -2.21. The van der Waals surface area contributed by atoms with Gasteiger partial charge in [0, 0.05) is 62.5 Å². The molecular weight excluding hydrogens is 304 g/mol. The number of likely N-dealkylation sites (N-methyl/N-ethyl adjacent to an activating group) is 1. The van der Waals surface area contributed by atoms with E-state index in [-0.39, 0.29) is 0 Å². The summed E-state index contributed by atoms with van der Waals surface area (Å²) in [5.41, 5.74) is 1.15. The molecular formula is C18H26N4O2. The fraction of sp³-hybridized carbons (Fsp3) is 0.500. The molecule has 6 nitrogen and oxygen atoms in total. The van der Waals surface area contributed by atoms with Crippen LogP contribution in [0.25, 0.3) is 0 Å². The smallest absolute Gasteiger partial charge is 0.124 e. The number of aryl methyl sites for hydroxylation is 1. The number of hydrogen-bond donors (Lipinski definition) is 0. The van der Waals surface area contributed by atoms with Crippen molar-refractivity contribution in [3.05, 3.63) is 36.4 Å². The molecule has 1 aliphatic heterocycles. The lowest BCUT2D eigenvalue weighted by Crippen LogP contribution is -2.34. The van der Waals surface area contributed by atoms with Crippen LogP contribution in [0.1, 0.15) is 12.2 Å². The van der Waals surface area contributed by atoms with Crippen molar-refractivity contribution in [2.75, 3.05) is 39.3 Å². The van der Waals surface area contributed by atoms with Gasteiger partial charge in [-0.3, -0.25) is 4.90 Å². The zero-order valence-corrected chi connectivity index (χ0v) is 14.9. The first-order valence-electron chi connectivity index (χ1n) is 8.25. The summed E-state index contributed by atoms with van der Waals surface area (Å²) in [6.45, 7) is 2.90. The van der Waals surface area contributed by atoms with Crippen molar-refractivity contribution in [2.45, 2.75) is 19.0 Å². The van der Waals surface area contributed by atoms with E-state index in [0.717, 1.165) is 49.1 Å². The highest BCUT2D eigenvalue weighted by Gasteiger charge is 2.27. The predicted molar refractivity (Wildman–Crippen MR) is 94.8 cm³/mol. The molecule has 0 aliphatic carbocycles. The summed E-state index contributed by atoms with van der Waals surface area (Å²) in [4.78, 5) is 9.21. The minimum atomic E-state index is 0.513. The summed E-state index contributed by atoms with van der Waals surface area (Å²) in [5.74, 6) is 2.75.